The van der Waals surface area contributed by atoms with Crippen molar-refractivity contribution in [2.75, 3.05) is 11.9 Å². The second-order valence-electron chi connectivity index (χ2n) is 4.90. The Morgan fingerprint density at radius 3 is 2.86 bits per heavy atom. The van der Waals surface area contributed by atoms with E-state index in [-0.39, 0.29) is 10.6 Å². The van der Waals surface area contributed by atoms with Crippen LogP contribution in [0.5, 0.6) is 0 Å². The number of hydrogen-bond donors (Lipinski definition) is 0. The molecule has 0 aliphatic rings. The average Bonchev–Trinajstić information content (AvgIpc) is 2.90. The van der Waals surface area contributed by atoms with Crippen LogP contribution in [-0.2, 0) is 6.54 Å². The van der Waals surface area contributed by atoms with Gasteiger partial charge in [0.15, 0.2) is 0 Å². The van der Waals surface area contributed by atoms with Crippen molar-refractivity contribution in [1.82, 2.24) is 4.98 Å². The van der Waals surface area contributed by atoms with E-state index in [1.165, 1.54) is 5.56 Å². The number of benzene rings is 1. The van der Waals surface area contributed by atoms with Gasteiger partial charge in [-0.05, 0) is 45.1 Å². The van der Waals surface area contributed by atoms with Gasteiger partial charge in [0.1, 0.15) is 0 Å². The highest BCUT2D eigenvalue weighted by Crippen LogP contribution is 2.33. The van der Waals surface area contributed by atoms with E-state index in [1.807, 2.05) is 13.1 Å². The lowest BCUT2D eigenvalue weighted by molar-refractivity contribution is -0.383. The molecule has 0 spiro atoms. The fraction of sp³-hybridized carbons (Fsp3) is 0.133. The molecule has 0 aliphatic heterocycles. The number of non-ortho nitro benzene ring substituents is 1. The van der Waals surface area contributed by atoms with Crippen molar-refractivity contribution in [1.29, 1.82) is 0 Å². The molecule has 0 N–H and O–H groups in total. The van der Waals surface area contributed by atoms with Gasteiger partial charge in [0, 0.05) is 43.1 Å². The quantitative estimate of drug-likeness (QED) is 0.492. The van der Waals surface area contributed by atoms with Crippen molar-refractivity contribution in [2.24, 2.45) is 0 Å². The fourth-order valence-corrected chi connectivity index (χ4v) is 3.64. The number of nitro benzene ring substituents is 1. The molecule has 0 radical (unpaired) electrons. The van der Waals surface area contributed by atoms with Gasteiger partial charge in [-0.3, -0.25) is 15.1 Å². The maximum atomic E-state index is 11.2. The topological polar surface area (TPSA) is 59.3 Å². The van der Waals surface area contributed by atoms with Crippen LogP contribution in [0.15, 0.2) is 45.8 Å². The zero-order valence-electron chi connectivity index (χ0n) is 11.7. The molecule has 0 aliphatic carbocycles. The summed E-state index contributed by atoms with van der Waals surface area (Å²) in [6.07, 6.45) is 3.20. The van der Waals surface area contributed by atoms with Crippen LogP contribution in [0.3, 0.4) is 0 Å². The van der Waals surface area contributed by atoms with Gasteiger partial charge in [0.25, 0.3) is 5.69 Å². The van der Waals surface area contributed by atoms with E-state index >= 15 is 0 Å². The zero-order chi connectivity index (χ0) is 15.7. The third-order valence-corrected chi connectivity index (χ3v) is 4.97. The van der Waals surface area contributed by atoms with Gasteiger partial charge in [-0.2, -0.15) is 0 Å². The van der Waals surface area contributed by atoms with Crippen molar-refractivity contribution in [2.45, 2.75) is 6.54 Å². The van der Waals surface area contributed by atoms with Crippen molar-refractivity contribution in [3.63, 3.8) is 0 Å². The highest BCUT2D eigenvalue weighted by molar-refractivity contribution is 9.11. The molecule has 2 heterocycles. The monoisotopic (exact) mass is 377 g/mol. The molecule has 0 bridgehead atoms. The first-order chi connectivity index (χ1) is 10.6. The molecule has 0 saturated carbocycles. The van der Waals surface area contributed by atoms with Gasteiger partial charge in [-0.25, -0.2) is 0 Å². The minimum Gasteiger partial charge on any atom is -0.370 e. The summed E-state index contributed by atoms with van der Waals surface area (Å²) in [5, 5.41) is 14.6. The molecule has 0 fully saturated rings. The Kier molecular flexibility index (Phi) is 4.08. The zero-order valence-corrected chi connectivity index (χ0v) is 14.1. The molecule has 0 atom stereocenters. The Morgan fingerprint density at radius 2 is 2.18 bits per heavy atom. The molecular formula is C15H12BrN3O2S. The van der Waals surface area contributed by atoms with Crippen LogP contribution in [-0.4, -0.2) is 17.0 Å². The Labute approximate surface area is 139 Å². The second-order valence-corrected chi connectivity index (χ2v) is 7.19. The van der Waals surface area contributed by atoms with E-state index in [2.05, 4.69) is 37.3 Å². The smallest absolute Gasteiger partial charge is 0.278 e. The molecule has 5 nitrogen and oxygen atoms in total. The lowest BCUT2D eigenvalue weighted by Crippen LogP contribution is -2.16. The highest BCUT2D eigenvalue weighted by atomic mass is 79.9. The predicted molar refractivity (Wildman–Crippen MR) is 92.5 cm³/mol. The first kappa shape index (κ1) is 14.9. The SMILES string of the molecule is CN(Cc1csc(Br)c1)c1ccc([N+](=O)[O-])c2cnccc12. The van der Waals surface area contributed by atoms with Crippen LogP contribution in [0.25, 0.3) is 10.8 Å². The number of anilines is 1. The third-order valence-electron chi connectivity index (χ3n) is 3.42. The van der Waals surface area contributed by atoms with Crippen LogP contribution in [0.2, 0.25) is 0 Å². The van der Waals surface area contributed by atoms with E-state index < -0.39 is 0 Å². The van der Waals surface area contributed by atoms with Gasteiger partial charge in [-0.1, -0.05) is 0 Å². The molecule has 2 aromatic heterocycles. The Morgan fingerprint density at radius 1 is 1.36 bits per heavy atom. The van der Waals surface area contributed by atoms with E-state index in [0.29, 0.717) is 5.39 Å². The number of hydrogen-bond acceptors (Lipinski definition) is 5. The van der Waals surface area contributed by atoms with Crippen LogP contribution in [0.4, 0.5) is 11.4 Å². The first-order valence-corrected chi connectivity index (χ1v) is 8.18. The number of nitrogens with zero attached hydrogens (tertiary/aromatic N) is 3. The van der Waals surface area contributed by atoms with Crippen LogP contribution >= 0.6 is 27.3 Å². The summed E-state index contributed by atoms with van der Waals surface area (Å²) in [6, 6.07) is 7.23. The number of nitro groups is 1. The summed E-state index contributed by atoms with van der Waals surface area (Å²) in [6.45, 7) is 0.733. The molecule has 0 amide bonds. The standard InChI is InChI=1S/C15H12BrN3O2S/c1-18(8-10-6-15(16)22-9-10)13-2-3-14(19(20)21)12-7-17-5-4-11(12)13/h2-7,9H,8H2,1H3. The molecule has 3 aromatic rings. The number of aromatic nitrogens is 1. The van der Waals surface area contributed by atoms with Crippen molar-refractivity contribution < 1.29 is 4.92 Å². The molecule has 112 valence electrons. The highest BCUT2D eigenvalue weighted by Gasteiger charge is 2.16. The summed E-state index contributed by atoms with van der Waals surface area (Å²) in [4.78, 5) is 16.9. The van der Waals surface area contributed by atoms with Crippen molar-refractivity contribution in [3.05, 3.63) is 61.5 Å². The molecular weight excluding hydrogens is 366 g/mol. The van der Waals surface area contributed by atoms with Gasteiger partial charge < -0.3 is 4.90 Å². The number of halogens is 1. The van der Waals surface area contributed by atoms with Gasteiger partial charge in [0.2, 0.25) is 0 Å². The summed E-state index contributed by atoms with van der Waals surface area (Å²) in [5.74, 6) is 0. The van der Waals surface area contributed by atoms with Crippen molar-refractivity contribution >= 4 is 49.4 Å². The summed E-state index contributed by atoms with van der Waals surface area (Å²) >= 11 is 5.10. The van der Waals surface area contributed by atoms with E-state index in [4.69, 9.17) is 0 Å². The van der Waals surface area contributed by atoms with Gasteiger partial charge >= 0.3 is 0 Å². The lowest BCUT2D eigenvalue weighted by Gasteiger charge is -2.20. The molecule has 22 heavy (non-hydrogen) atoms. The molecule has 1 aromatic carbocycles. The lowest BCUT2D eigenvalue weighted by atomic mass is 10.1. The Hall–Kier alpha value is -1.99. The number of thiophene rings is 1. The third kappa shape index (κ3) is 2.82. The minimum absolute atomic E-state index is 0.0820. The summed E-state index contributed by atoms with van der Waals surface area (Å²) < 4.78 is 1.09. The van der Waals surface area contributed by atoms with Gasteiger partial charge in [-0.15, -0.1) is 11.3 Å². The molecule has 0 unspecified atom stereocenters. The fourth-order valence-electron chi connectivity index (χ4n) is 2.44. The van der Waals surface area contributed by atoms with E-state index in [0.717, 1.165) is 21.4 Å². The van der Waals surface area contributed by atoms with Crippen LogP contribution in [0.1, 0.15) is 5.56 Å². The molecule has 3 rings (SSSR count). The molecule has 0 saturated heterocycles. The maximum absolute atomic E-state index is 11.2. The number of fused-ring (bicyclic) bond motifs is 1. The summed E-state index contributed by atoms with van der Waals surface area (Å²) in [7, 11) is 1.98. The summed E-state index contributed by atoms with van der Waals surface area (Å²) in [5.41, 5.74) is 2.23. The van der Waals surface area contributed by atoms with Crippen LogP contribution < -0.4 is 4.90 Å². The maximum Gasteiger partial charge on any atom is 0.278 e. The van der Waals surface area contributed by atoms with Gasteiger partial charge in [0.05, 0.1) is 14.1 Å². The van der Waals surface area contributed by atoms with Crippen molar-refractivity contribution in [3.8, 4) is 0 Å². The molecule has 7 heteroatoms. The minimum atomic E-state index is -0.371. The Bertz CT molecular complexity index is 850. The number of pyridine rings is 1. The largest absolute Gasteiger partial charge is 0.370 e. The Balaban J connectivity index is 2.03. The van der Waals surface area contributed by atoms with E-state index in [9.17, 15) is 10.1 Å². The predicted octanol–water partition coefficient (Wildman–Crippen LogP) is 4.60. The van der Waals surface area contributed by atoms with Crippen LogP contribution in [0, 0.1) is 10.1 Å². The normalized spacial score (nSPS) is 10.8. The second kappa shape index (κ2) is 6.02. The average molecular weight is 378 g/mol. The van der Waals surface area contributed by atoms with E-state index in [1.54, 1.807) is 35.9 Å². The number of rotatable bonds is 4. The first-order valence-electron chi connectivity index (χ1n) is 6.51.